The van der Waals surface area contributed by atoms with Crippen LogP contribution in [0.5, 0.6) is 0 Å². The summed E-state index contributed by atoms with van der Waals surface area (Å²) in [5.74, 6) is 2.05. The van der Waals surface area contributed by atoms with Crippen LogP contribution in [0.4, 0.5) is 0 Å². The molecule has 6 nitrogen and oxygen atoms in total. The van der Waals surface area contributed by atoms with Gasteiger partial charge in [0.15, 0.2) is 0 Å². The zero-order chi connectivity index (χ0) is 34.1. The Labute approximate surface area is 291 Å². The molecule has 2 aromatic rings. The molecule has 0 spiro atoms. The van der Waals surface area contributed by atoms with Gasteiger partial charge in [-0.3, -0.25) is 9.59 Å². The Morgan fingerprint density at radius 1 is 0.583 bits per heavy atom. The second-order valence-corrected chi connectivity index (χ2v) is 14.9. The second-order valence-electron chi connectivity index (χ2n) is 14.9. The van der Waals surface area contributed by atoms with Gasteiger partial charge >= 0.3 is 0 Å². The van der Waals surface area contributed by atoms with E-state index in [1.807, 2.05) is 0 Å². The molecule has 0 aromatic heterocycles. The summed E-state index contributed by atoms with van der Waals surface area (Å²) < 4.78 is 12.5. The molecule has 2 amide bonds. The van der Waals surface area contributed by atoms with Crippen LogP contribution in [-0.4, -0.2) is 24.0 Å². The third-order valence-electron chi connectivity index (χ3n) is 11.2. The maximum absolute atomic E-state index is 12.0. The van der Waals surface area contributed by atoms with Crippen molar-refractivity contribution in [3.63, 3.8) is 0 Å². The summed E-state index contributed by atoms with van der Waals surface area (Å²) in [6.45, 7) is 5.15. The Hall–Kier alpha value is -2.70. The van der Waals surface area contributed by atoms with Crippen LogP contribution < -0.4 is 11.5 Å². The molecule has 0 heterocycles. The average Bonchev–Trinajstić information content (AvgIpc) is 3.09. The molecule has 0 unspecified atom stereocenters. The van der Waals surface area contributed by atoms with Gasteiger partial charge in [-0.15, -0.1) is 0 Å². The van der Waals surface area contributed by atoms with Gasteiger partial charge in [0.1, 0.15) is 0 Å². The normalized spacial score (nSPS) is 22.6. The van der Waals surface area contributed by atoms with Gasteiger partial charge in [-0.2, -0.15) is 0 Å². The zero-order valence-corrected chi connectivity index (χ0v) is 30.0. The van der Waals surface area contributed by atoms with Crippen LogP contribution in [0.3, 0.4) is 0 Å². The summed E-state index contributed by atoms with van der Waals surface area (Å²) in [7, 11) is 0. The minimum atomic E-state index is -0.676. The van der Waals surface area contributed by atoms with Crippen LogP contribution in [0.25, 0.3) is 0 Å². The molecule has 0 saturated heterocycles. The standard InChI is InChI=1S/C42H64N2O4/c1-3-5-7-9-31-11-19-35(20-12-31)37-23-15-33(16-24-37)29-47-39(27-41(43)45)40(28-42(44)46)48-30-34-17-25-38(26-18-34)36-21-13-32(14-22-36)10-8-6-4-2/h15-18,23-26,31-32,35-36,39-40H,3-14,19-22,27-30H2,1-2H3,(H2,43,45)(H2,44,46)/t31-,32-,35-,36-,39-,40-/m1/s1. The lowest BCUT2D eigenvalue weighted by Crippen LogP contribution is -2.38. The monoisotopic (exact) mass is 660 g/mol. The largest absolute Gasteiger partial charge is 0.370 e. The van der Waals surface area contributed by atoms with Crippen molar-refractivity contribution >= 4 is 11.8 Å². The van der Waals surface area contributed by atoms with Gasteiger partial charge in [0.2, 0.25) is 11.8 Å². The van der Waals surface area contributed by atoms with Gasteiger partial charge in [0, 0.05) is 0 Å². The third-order valence-corrected chi connectivity index (χ3v) is 11.2. The van der Waals surface area contributed by atoms with E-state index in [2.05, 4.69) is 62.4 Å². The first-order valence-electron chi connectivity index (χ1n) is 19.3. The SMILES string of the molecule is CCCCC[C@H]1CC[C@H](c2ccc(CO[C@H](CC(N)=O)[C@@H](CC(N)=O)OCc3ccc([C@H]4CC[C@H](CCCCC)CC4)cc3)cc2)CC1. The molecule has 266 valence electrons. The number of primary amides is 2. The summed E-state index contributed by atoms with van der Waals surface area (Å²) in [6.07, 6.45) is 19.8. The summed E-state index contributed by atoms with van der Waals surface area (Å²) in [6, 6.07) is 17.4. The Balaban J connectivity index is 1.28. The van der Waals surface area contributed by atoms with Crippen molar-refractivity contribution in [3.8, 4) is 0 Å². The maximum Gasteiger partial charge on any atom is 0.220 e. The number of hydrogen-bond donors (Lipinski definition) is 2. The maximum atomic E-state index is 12.0. The number of benzene rings is 2. The quantitative estimate of drug-likeness (QED) is 0.130. The lowest BCUT2D eigenvalue weighted by atomic mass is 9.77. The van der Waals surface area contributed by atoms with Gasteiger partial charge < -0.3 is 20.9 Å². The molecule has 2 aliphatic carbocycles. The van der Waals surface area contributed by atoms with E-state index in [4.69, 9.17) is 20.9 Å². The van der Waals surface area contributed by atoms with Crippen LogP contribution in [0.15, 0.2) is 48.5 Å². The van der Waals surface area contributed by atoms with Crippen molar-refractivity contribution in [1.82, 2.24) is 0 Å². The fourth-order valence-corrected chi connectivity index (χ4v) is 8.11. The molecule has 2 atom stereocenters. The van der Waals surface area contributed by atoms with Gasteiger partial charge in [-0.05, 0) is 97.3 Å². The molecule has 2 aliphatic rings. The van der Waals surface area contributed by atoms with Crippen molar-refractivity contribution in [2.75, 3.05) is 0 Å². The smallest absolute Gasteiger partial charge is 0.220 e. The van der Waals surface area contributed by atoms with E-state index < -0.39 is 24.0 Å². The van der Waals surface area contributed by atoms with Gasteiger partial charge in [-0.1, -0.05) is 114 Å². The number of carbonyl (C=O) groups excluding carboxylic acids is 2. The Bertz CT molecular complexity index is 1100. The molecule has 2 aromatic carbocycles. The Morgan fingerprint density at radius 2 is 0.938 bits per heavy atom. The van der Waals surface area contributed by atoms with E-state index in [1.54, 1.807) is 0 Å². The highest BCUT2D eigenvalue weighted by atomic mass is 16.5. The number of rotatable bonds is 21. The lowest BCUT2D eigenvalue weighted by Gasteiger charge is -2.29. The van der Waals surface area contributed by atoms with E-state index in [0.717, 1.165) is 23.0 Å². The van der Waals surface area contributed by atoms with E-state index in [-0.39, 0.29) is 12.8 Å². The van der Waals surface area contributed by atoms with E-state index in [9.17, 15) is 9.59 Å². The predicted octanol–water partition coefficient (Wildman–Crippen LogP) is 9.62. The molecule has 0 bridgehead atoms. The first kappa shape index (κ1) is 38.1. The predicted molar refractivity (Wildman–Crippen MR) is 195 cm³/mol. The average molecular weight is 661 g/mol. The number of hydrogen-bond acceptors (Lipinski definition) is 4. The molecule has 4 N–H and O–H groups in total. The van der Waals surface area contributed by atoms with E-state index in [1.165, 1.54) is 114 Å². The number of nitrogens with two attached hydrogens (primary N) is 2. The van der Waals surface area contributed by atoms with E-state index in [0.29, 0.717) is 25.0 Å². The molecule has 6 heteroatoms. The summed E-state index contributed by atoms with van der Waals surface area (Å²) in [5.41, 5.74) is 16.1. The highest BCUT2D eigenvalue weighted by Gasteiger charge is 2.28. The van der Waals surface area contributed by atoms with Crippen molar-refractivity contribution in [1.29, 1.82) is 0 Å². The molecule has 48 heavy (non-hydrogen) atoms. The highest BCUT2D eigenvalue weighted by Crippen LogP contribution is 2.39. The molecule has 0 radical (unpaired) electrons. The molecular weight excluding hydrogens is 596 g/mol. The molecule has 2 saturated carbocycles. The number of amides is 2. The molecule has 2 fully saturated rings. The van der Waals surface area contributed by atoms with Crippen molar-refractivity contribution < 1.29 is 19.1 Å². The van der Waals surface area contributed by atoms with Gasteiger partial charge in [0.05, 0.1) is 38.3 Å². The number of carbonyl (C=O) groups is 2. The first-order chi connectivity index (χ1) is 23.3. The van der Waals surface area contributed by atoms with Crippen LogP contribution in [0, 0.1) is 11.8 Å². The van der Waals surface area contributed by atoms with Crippen molar-refractivity contribution in [2.45, 2.75) is 167 Å². The fraction of sp³-hybridized carbons (Fsp3) is 0.667. The number of ether oxygens (including phenoxy) is 2. The van der Waals surface area contributed by atoms with Crippen molar-refractivity contribution in [3.05, 3.63) is 70.8 Å². The minimum absolute atomic E-state index is 0.0441. The van der Waals surface area contributed by atoms with Crippen LogP contribution >= 0.6 is 0 Å². The molecule has 0 aliphatic heterocycles. The number of unbranched alkanes of at least 4 members (excludes halogenated alkanes) is 4. The van der Waals surface area contributed by atoms with E-state index >= 15 is 0 Å². The Morgan fingerprint density at radius 3 is 1.25 bits per heavy atom. The topological polar surface area (TPSA) is 105 Å². The summed E-state index contributed by atoms with van der Waals surface area (Å²) in [4.78, 5) is 24.1. The van der Waals surface area contributed by atoms with Crippen LogP contribution in [0.2, 0.25) is 0 Å². The second kappa shape index (κ2) is 20.7. The van der Waals surface area contributed by atoms with Gasteiger partial charge in [-0.25, -0.2) is 0 Å². The van der Waals surface area contributed by atoms with Crippen LogP contribution in [-0.2, 0) is 32.3 Å². The minimum Gasteiger partial charge on any atom is -0.370 e. The van der Waals surface area contributed by atoms with Gasteiger partial charge in [0.25, 0.3) is 0 Å². The lowest BCUT2D eigenvalue weighted by molar-refractivity contribution is -0.136. The zero-order valence-electron chi connectivity index (χ0n) is 30.0. The van der Waals surface area contributed by atoms with Crippen LogP contribution in [0.1, 0.15) is 164 Å². The first-order valence-corrected chi connectivity index (χ1v) is 19.3. The molecular formula is C42H64N2O4. The Kier molecular flexibility index (Phi) is 16.5. The molecule has 4 rings (SSSR count). The third kappa shape index (κ3) is 13.0. The summed E-state index contributed by atoms with van der Waals surface area (Å²) >= 11 is 0. The summed E-state index contributed by atoms with van der Waals surface area (Å²) in [5, 5.41) is 0. The fourth-order valence-electron chi connectivity index (χ4n) is 8.11. The van der Waals surface area contributed by atoms with Crippen molar-refractivity contribution in [2.24, 2.45) is 23.3 Å². The highest BCUT2D eigenvalue weighted by molar-refractivity contribution is 5.76.